The van der Waals surface area contributed by atoms with Gasteiger partial charge in [0, 0.05) is 31.7 Å². The molecule has 0 atom stereocenters. The molecule has 0 aromatic heterocycles. The number of aldehydes is 1. The number of amides is 1. The molecule has 0 aliphatic carbocycles. The fraction of sp³-hybridized carbons (Fsp3) is 0.312. The number of carbonyl (C=O) groups excluding carboxylic acids is 2. The molecular formula is C16H24N4O2. The maximum atomic E-state index is 12.1. The number of nitrogens with zero attached hydrogens (tertiary/aromatic N) is 2. The van der Waals surface area contributed by atoms with E-state index in [-0.39, 0.29) is 5.91 Å². The molecule has 0 rings (SSSR count). The van der Waals surface area contributed by atoms with Crippen LogP contribution in [0.5, 0.6) is 0 Å². The molecule has 2 N–H and O–H groups in total. The highest BCUT2D eigenvalue weighted by molar-refractivity contribution is 5.96. The van der Waals surface area contributed by atoms with Crippen LogP contribution < -0.4 is 10.9 Å². The first kappa shape index (κ1) is 19.4. The third kappa shape index (κ3) is 8.52. The molecule has 0 saturated carbocycles. The van der Waals surface area contributed by atoms with E-state index in [1.54, 1.807) is 31.3 Å². The molecule has 120 valence electrons. The molecule has 0 heterocycles. The fourth-order valence-corrected chi connectivity index (χ4v) is 1.33. The van der Waals surface area contributed by atoms with E-state index in [0.717, 1.165) is 11.4 Å². The summed E-state index contributed by atoms with van der Waals surface area (Å²) >= 11 is 0. The van der Waals surface area contributed by atoms with Gasteiger partial charge in [0.05, 0.1) is 5.57 Å². The van der Waals surface area contributed by atoms with Crippen molar-refractivity contribution in [2.75, 3.05) is 14.1 Å². The van der Waals surface area contributed by atoms with Crippen molar-refractivity contribution in [2.24, 2.45) is 4.99 Å². The Balaban J connectivity index is 4.90. The zero-order chi connectivity index (χ0) is 17.0. The highest BCUT2D eigenvalue weighted by Gasteiger charge is 2.06. The first-order valence-electron chi connectivity index (χ1n) is 6.85. The second-order valence-electron chi connectivity index (χ2n) is 4.63. The van der Waals surface area contributed by atoms with Crippen LogP contribution in [0, 0.1) is 0 Å². The molecule has 0 aliphatic heterocycles. The lowest BCUT2D eigenvalue weighted by Crippen LogP contribution is -2.37. The van der Waals surface area contributed by atoms with Crippen molar-refractivity contribution in [1.82, 2.24) is 15.8 Å². The van der Waals surface area contributed by atoms with Gasteiger partial charge >= 0.3 is 0 Å². The molecule has 0 saturated heterocycles. The molecular weight excluding hydrogens is 280 g/mol. The molecule has 0 aromatic carbocycles. The Bertz CT molecular complexity index is 514. The van der Waals surface area contributed by atoms with Gasteiger partial charge in [-0.1, -0.05) is 6.92 Å². The number of rotatable bonds is 9. The molecule has 0 radical (unpaired) electrons. The van der Waals surface area contributed by atoms with E-state index in [1.807, 2.05) is 19.9 Å². The van der Waals surface area contributed by atoms with Crippen LogP contribution in [0.15, 0.2) is 52.5 Å². The highest BCUT2D eigenvalue weighted by Crippen LogP contribution is 2.01. The van der Waals surface area contributed by atoms with Crippen molar-refractivity contribution >= 4 is 18.9 Å². The van der Waals surface area contributed by atoms with Gasteiger partial charge in [-0.05, 0) is 44.4 Å². The topological polar surface area (TPSA) is 73.8 Å². The van der Waals surface area contributed by atoms with Crippen molar-refractivity contribution in [2.45, 2.75) is 20.3 Å². The van der Waals surface area contributed by atoms with Gasteiger partial charge in [-0.15, -0.1) is 0 Å². The third-order valence-electron chi connectivity index (χ3n) is 2.51. The van der Waals surface area contributed by atoms with E-state index in [9.17, 15) is 9.59 Å². The molecule has 1 amide bonds. The summed E-state index contributed by atoms with van der Waals surface area (Å²) in [6.07, 6.45) is 9.29. The first-order chi connectivity index (χ1) is 10.4. The minimum absolute atomic E-state index is 0.339. The maximum absolute atomic E-state index is 12.1. The number of aliphatic imine (C=N–C) groups is 1. The van der Waals surface area contributed by atoms with Crippen LogP contribution in [0.4, 0.5) is 0 Å². The lowest BCUT2D eigenvalue weighted by Gasteiger charge is -2.12. The van der Waals surface area contributed by atoms with Gasteiger partial charge in [-0.25, -0.2) is 0 Å². The third-order valence-corrected chi connectivity index (χ3v) is 2.51. The Morgan fingerprint density at radius 2 is 1.95 bits per heavy atom. The SMILES string of the molecule is C=N/C(C)=C\C=C(/CC)NNC(=O)C(/C=C\C=O)=C/N(C)C. The van der Waals surface area contributed by atoms with E-state index >= 15 is 0 Å². The molecule has 0 bridgehead atoms. The van der Waals surface area contributed by atoms with E-state index in [2.05, 4.69) is 22.6 Å². The van der Waals surface area contributed by atoms with Gasteiger partial charge in [0.2, 0.25) is 0 Å². The second-order valence-corrected chi connectivity index (χ2v) is 4.63. The lowest BCUT2D eigenvalue weighted by atomic mass is 10.2. The zero-order valence-corrected chi connectivity index (χ0v) is 13.6. The van der Waals surface area contributed by atoms with E-state index in [1.165, 1.54) is 12.2 Å². The molecule has 0 aromatic rings. The average molecular weight is 304 g/mol. The molecule has 22 heavy (non-hydrogen) atoms. The predicted molar refractivity (Wildman–Crippen MR) is 89.9 cm³/mol. The Morgan fingerprint density at radius 1 is 1.27 bits per heavy atom. The van der Waals surface area contributed by atoms with Crippen molar-refractivity contribution in [1.29, 1.82) is 0 Å². The maximum Gasteiger partial charge on any atom is 0.271 e. The highest BCUT2D eigenvalue weighted by atomic mass is 16.2. The smallest absolute Gasteiger partial charge is 0.271 e. The summed E-state index contributed by atoms with van der Waals surface area (Å²) in [5.74, 6) is -0.339. The number of hydrazine groups is 1. The Labute approximate surface area is 132 Å². The van der Waals surface area contributed by atoms with Gasteiger partial charge in [0.15, 0.2) is 0 Å². The summed E-state index contributed by atoms with van der Waals surface area (Å²) in [4.78, 5) is 28.0. The standard InChI is InChI=1S/C16H24N4O2/c1-6-15(10-9-13(2)17-3)18-19-16(22)14(8-7-11-21)12-20(4)5/h7-12,18H,3,6H2,1-2,4-5H3,(H,19,22)/b8-7-,13-9-,14-12+,15-10+. The van der Waals surface area contributed by atoms with Crippen LogP contribution in [-0.2, 0) is 9.59 Å². The molecule has 0 fully saturated rings. The minimum Gasteiger partial charge on any atom is -0.383 e. The fourth-order valence-electron chi connectivity index (χ4n) is 1.33. The average Bonchev–Trinajstić information content (AvgIpc) is 2.50. The summed E-state index contributed by atoms with van der Waals surface area (Å²) < 4.78 is 0. The van der Waals surface area contributed by atoms with Crippen LogP contribution in [0.25, 0.3) is 0 Å². The summed E-state index contributed by atoms with van der Waals surface area (Å²) in [6, 6.07) is 0. The van der Waals surface area contributed by atoms with Gasteiger partial charge in [0.25, 0.3) is 5.91 Å². The van der Waals surface area contributed by atoms with Crippen molar-refractivity contribution in [3.63, 3.8) is 0 Å². The van der Waals surface area contributed by atoms with E-state index in [0.29, 0.717) is 18.3 Å². The quantitative estimate of drug-likeness (QED) is 0.224. The molecule has 6 nitrogen and oxygen atoms in total. The molecule has 0 unspecified atom stereocenters. The predicted octanol–water partition coefficient (Wildman–Crippen LogP) is 1.71. The minimum atomic E-state index is -0.339. The number of carbonyl (C=O) groups is 2. The Morgan fingerprint density at radius 3 is 2.45 bits per heavy atom. The van der Waals surface area contributed by atoms with Gasteiger partial charge in [-0.2, -0.15) is 0 Å². The number of hydrogen-bond acceptors (Lipinski definition) is 5. The second kappa shape index (κ2) is 11.1. The van der Waals surface area contributed by atoms with Crippen LogP contribution in [-0.4, -0.2) is 37.9 Å². The zero-order valence-electron chi connectivity index (χ0n) is 13.6. The van der Waals surface area contributed by atoms with Crippen molar-refractivity contribution < 1.29 is 9.59 Å². The molecule has 6 heteroatoms. The van der Waals surface area contributed by atoms with Crippen LogP contribution in [0.3, 0.4) is 0 Å². The normalized spacial score (nSPS) is 13.0. The first-order valence-corrected chi connectivity index (χ1v) is 6.85. The summed E-state index contributed by atoms with van der Waals surface area (Å²) in [7, 11) is 3.59. The molecule has 0 spiro atoms. The Hall–Kier alpha value is -2.63. The van der Waals surface area contributed by atoms with Crippen LogP contribution in [0.2, 0.25) is 0 Å². The van der Waals surface area contributed by atoms with Gasteiger partial charge in [0.1, 0.15) is 6.29 Å². The number of allylic oxidation sites excluding steroid dienone is 5. The van der Waals surface area contributed by atoms with E-state index < -0.39 is 0 Å². The van der Waals surface area contributed by atoms with Gasteiger partial charge in [-0.3, -0.25) is 20.0 Å². The number of nitrogens with one attached hydrogen (secondary N) is 2. The lowest BCUT2D eigenvalue weighted by molar-refractivity contribution is -0.118. The Kier molecular flexibility index (Phi) is 9.75. The van der Waals surface area contributed by atoms with Crippen molar-refractivity contribution in [3.8, 4) is 0 Å². The summed E-state index contributed by atoms with van der Waals surface area (Å²) in [5, 5.41) is 0. The monoisotopic (exact) mass is 304 g/mol. The number of hydrogen-bond donors (Lipinski definition) is 2. The summed E-state index contributed by atoms with van der Waals surface area (Å²) in [5.41, 5.74) is 7.41. The van der Waals surface area contributed by atoms with Gasteiger partial charge < -0.3 is 10.3 Å². The summed E-state index contributed by atoms with van der Waals surface area (Å²) in [6.45, 7) is 7.22. The van der Waals surface area contributed by atoms with Crippen LogP contribution in [0.1, 0.15) is 20.3 Å². The largest absolute Gasteiger partial charge is 0.383 e. The van der Waals surface area contributed by atoms with Crippen LogP contribution >= 0.6 is 0 Å². The molecule has 0 aliphatic rings. The van der Waals surface area contributed by atoms with Crippen molar-refractivity contribution in [3.05, 3.63) is 47.5 Å². The van der Waals surface area contributed by atoms with E-state index in [4.69, 9.17) is 0 Å².